The van der Waals surface area contributed by atoms with E-state index in [4.69, 9.17) is 0 Å². The fraction of sp³-hybridized carbons (Fsp3) is 0.364. The predicted molar refractivity (Wildman–Crippen MR) is 115 cm³/mol. The number of hydrogen-bond acceptors (Lipinski definition) is 4. The second-order valence-corrected chi connectivity index (χ2v) is 10.2. The molecule has 0 aromatic heterocycles. The van der Waals surface area contributed by atoms with Crippen LogP contribution in [0.2, 0.25) is 0 Å². The Morgan fingerprint density at radius 1 is 1.19 bits per heavy atom. The summed E-state index contributed by atoms with van der Waals surface area (Å²) in [5, 5.41) is 2.38. The van der Waals surface area contributed by atoms with Crippen molar-refractivity contribution in [2.24, 2.45) is 5.92 Å². The lowest BCUT2D eigenvalue weighted by molar-refractivity contribution is -0.120. The number of fused-ring (bicyclic) bond motifs is 1. The van der Waals surface area contributed by atoms with E-state index in [-0.39, 0.29) is 28.4 Å². The Bertz CT molecular complexity index is 1150. The van der Waals surface area contributed by atoms with Gasteiger partial charge in [0.25, 0.3) is 0 Å². The first-order valence-electron chi connectivity index (χ1n) is 10.1. The third-order valence-corrected chi connectivity index (χ3v) is 7.45. The Hall–Kier alpha value is -2.78. The van der Waals surface area contributed by atoms with Crippen LogP contribution in [0.15, 0.2) is 47.4 Å². The van der Waals surface area contributed by atoms with Gasteiger partial charge in [0.1, 0.15) is 5.82 Å². The fourth-order valence-corrected chi connectivity index (χ4v) is 5.03. The average molecular weight is 446 g/mol. The van der Waals surface area contributed by atoms with Gasteiger partial charge >= 0.3 is 0 Å². The molecular weight excluding hydrogens is 421 g/mol. The molecule has 2 amide bonds. The second kappa shape index (κ2) is 8.05. The van der Waals surface area contributed by atoms with E-state index in [1.807, 2.05) is 6.92 Å². The van der Waals surface area contributed by atoms with Crippen LogP contribution in [0.1, 0.15) is 25.3 Å². The SMILES string of the molecule is C[C@@H]1Cc2cc(S(=O)(=O)N(C)CC(=O)Nc3ccccc3F)ccc2N1C(=O)C1CC1. The molecule has 1 atom stereocenters. The van der Waals surface area contributed by atoms with Gasteiger partial charge in [-0.2, -0.15) is 4.31 Å². The van der Waals surface area contributed by atoms with Crippen molar-refractivity contribution < 1.29 is 22.4 Å². The first-order valence-corrected chi connectivity index (χ1v) is 11.6. The minimum atomic E-state index is -3.94. The number of para-hydroxylation sites is 1. The van der Waals surface area contributed by atoms with Gasteiger partial charge in [-0.25, -0.2) is 12.8 Å². The Morgan fingerprint density at radius 3 is 2.58 bits per heavy atom. The van der Waals surface area contributed by atoms with Gasteiger partial charge in [-0.15, -0.1) is 0 Å². The first kappa shape index (κ1) is 21.5. The summed E-state index contributed by atoms with van der Waals surface area (Å²) in [6, 6.07) is 10.4. The molecule has 9 heteroatoms. The molecule has 2 aromatic carbocycles. The zero-order chi connectivity index (χ0) is 22.3. The normalized spacial score (nSPS) is 18.2. The van der Waals surface area contributed by atoms with E-state index in [1.165, 1.54) is 31.3 Å². The van der Waals surface area contributed by atoms with Crippen molar-refractivity contribution in [3.05, 3.63) is 53.8 Å². The molecule has 164 valence electrons. The average Bonchev–Trinajstić information content (AvgIpc) is 3.51. The number of carbonyl (C=O) groups excluding carboxylic acids is 2. The number of halogens is 1. The molecule has 2 aliphatic rings. The van der Waals surface area contributed by atoms with Crippen molar-refractivity contribution in [1.82, 2.24) is 4.31 Å². The third-order valence-electron chi connectivity index (χ3n) is 5.65. The Balaban J connectivity index is 1.50. The molecular formula is C22H24FN3O4S. The molecule has 0 unspecified atom stereocenters. The van der Waals surface area contributed by atoms with Crippen molar-refractivity contribution in [3.63, 3.8) is 0 Å². The summed E-state index contributed by atoms with van der Waals surface area (Å²) < 4.78 is 40.6. The van der Waals surface area contributed by atoms with Gasteiger partial charge in [-0.3, -0.25) is 9.59 Å². The molecule has 2 aromatic rings. The molecule has 1 N–H and O–H groups in total. The summed E-state index contributed by atoms with van der Waals surface area (Å²) in [6.07, 6.45) is 2.39. The zero-order valence-electron chi connectivity index (χ0n) is 17.3. The first-order chi connectivity index (χ1) is 14.7. The van der Waals surface area contributed by atoms with E-state index >= 15 is 0 Å². The van der Waals surface area contributed by atoms with Crippen LogP contribution in [0.25, 0.3) is 0 Å². The highest BCUT2D eigenvalue weighted by Crippen LogP contribution is 2.39. The lowest BCUT2D eigenvalue weighted by Gasteiger charge is -2.23. The highest BCUT2D eigenvalue weighted by atomic mass is 32.2. The summed E-state index contributed by atoms with van der Waals surface area (Å²) in [4.78, 5) is 26.7. The molecule has 1 aliphatic heterocycles. The number of benzene rings is 2. The Kier molecular flexibility index (Phi) is 5.57. The van der Waals surface area contributed by atoms with Crippen LogP contribution in [0.3, 0.4) is 0 Å². The number of hydrogen-bond donors (Lipinski definition) is 1. The standard InChI is InChI=1S/C22H24FN3O4S/c1-14-11-16-12-17(9-10-20(16)26(14)22(28)15-7-8-15)31(29,30)25(2)13-21(27)24-19-6-4-3-5-18(19)23/h3-6,9-10,12,14-15H,7-8,11,13H2,1-2H3,(H,24,27)/t14-/m1/s1. The number of amides is 2. The van der Waals surface area contributed by atoms with Crippen LogP contribution in [0, 0.1) is 11.7 Å². The van der Waals surface area contributed by atoms with E-state index in [0.29, 0.717) is 6.42 Å². The zero-order valence-corrected chi connectivity index (χ0v) is 18.2. The van der Waals surface area contributed by atoms with Gasteiger partial charge in [0.05, 0.1) is 17.1 Å². The molecule has 7 nitrogen and oxygen atoms in total. The topological polar surface area (TPSA) is 86.8 Å². The van der Waals surface area contributed by atoms with E-state index in [1.54, 1.807) is 23.1 Å². The Morgan fingerprint density at radius 2 is 1.90 bits per heavy atom. The van der Waals surface area contributed by atoms with Crippen molar-refractivity contribution in [1.29, 1.82) is 0 Å². The number of nitrogens with one attached hydrogen (secondary N) is 1. The molecule has 4 rings (SSSR count). The number of carbonyl (C=O) groups is 2. The number of rotatable bonds is 6. The molecule has 0 saturated heterocycles. The lowest BCUT2D eigenvalue weighted by Crippen LogP contribution is -2.36. The van der Waals surface area contributed by atoms with Gasteiger partial charge in [0.2, 0.25) is 21.8 Å². The monoisotopic (exact) mass is 445 g/mol. The minimum absolute atomic E-state index is 0.00904. The molecule has 0 bridgehead atoms. The largest absolute Gasteiger partial charge is 0.322 e. The van der Waals surface area contributed by atoms with E-state index in [0.717, 1.165) is 28.4 Å². The molecule has 0 spiro atoms. The lowest BCUT2D eigenvalue weighted by atomic mass is 10.1. The molecule has 1 aliphatic carbocycles. The quantitative estimate of drug-likeness (QED) is 0.741. The van der Waals surface area contributed by atoms with Crippen LogP contribution < -0.4 is 10.2 Å². The summed E-state index contributed by atoms with van der Waals surface area (Å²) in [6.45, 7) is 1.49. The predicted octanol–water partition coefficient (Wildman–Crippen LogP) is 2.77. The van der Waals surface area contributed by atoms with Gasteiger partial charge in [-0.1, -0.05) is 12.1 Å². The van der Waals surface area contributed by atoms with E-state index < -0.39 is 28.3 Å². The van der Waals surface area contributed by atoms with Crippen molar-refractivity contribution in [2.75, 3.05) is 23.8 Å². The van der Waals surface area contributed by atoms with Gasteiger partial charge in [0.15, 0.2) is 0 Å². The molecule has 1 fully saturated rings. The molecule has 1 heterocycles. The third kappa shape index (κ3) is 4.20. The van der Waals surface area contributed by atoms with Crippen molar-refractivity contribution >= 4 is 33.2 Å². The van der Waals surface area contributed by atoms with Crippen LogP contribution in [-0.4, -0.2) is 44.2 Å². The molecule has 0 radical (unpaired) electrons. The van der Waals surface area contributed by atoms with Gasteiger partial charge in [0, 0.05) is 24.7 Å². The van der Waals surface area contributed by atoms with E-state index in [9.17, 15) is 22.4 Å². The van der Waals surface area contributed by atoms with Crippen molar-refractivity contribution in [3.8, 4) is 0 Å². The Labute approximate surface area is 180 Å². The molecule has 1 saturated carbocycles. The van der Waals surface area contributed by atoms with Crippen LogP contribution in [0.4, 0.5) is 15.8 Å². The highest BCUT2D eigenvalue weighted by Gasteiger charge is 2.40. The number of nitrogens with zero attached hydrogens (tertiary/aromatic N) is 2. The maximum Gasteiger partial charge on any atom is 0.243 e. The smallest absolute Gasteiger partial charge is 0.243 e. The number of sulfonamides is 1. The van der Waals surface area contributed by atoms with Crippen LogP contribution >= 0.6 is 0 Å². The number of likely N-dealkylation sites (N-methyl/N-ethyl adjacent to an activating group) is 1. The maximum atomic E-state index is 13.7. The fourth-order valence-electron chi connectivity index (χ4n) is 3.85. The summed E-state index contributed by atoms with van der Waals surface area (Å²) in [5.41, 5.74) is 1.54. The highest BCUT2D eigenvalue weighted by molar-refractivity contribution is 7.89. The summed E-state index contributed by atoms with van der Waals surface area (Å²) >= 11 is 0. The van der Waals surface area contributed by atoms with Gasteiger partial charge < -0.3 is 10.2 Å². The van der Waals surface area contributed by atoms with E-state index in [2.05, 4.69) is 5.32 Å². The summed E-state index contributed by atoms with van der Waals surface area (Å²) in [7, 11) is -2.64. The summed E-state index contributed by atoms with van der Waals surface area (Å²) in [5.74, 6) is -1.06. The van der Waals surface area contributed by atoms with Crippen LogP contribution in [-0.2, 0) is 26.0 Å². The number of anilines is 2. The van der Waals surface area contributed by atoms with Crippen LogP contribution in [0.5, 0.6) is 0 Å². The minimum Gasteiger partial charge on any atom is -0.322 e. The van der Waals surface area contributed by atoms with Gasteiger partial charge in [-0.05, 0) is 62.1 Å². The maximum absolute atomic E-state index is 13.7. The van der Waals surface area contributed by atoms with Crippen molar-refractivity contribution in [2.45, 2.75) is 37.1 Å². The second-order valence-electron chi connectivity index (χ2n) is 8.12. The molecule has 31 heavy (non-hydrogen) atoms.